The Bertz CT molecular complexity index is 526. The molecule has 1 aromatic rings. The second-order valence-electron chi connectivity index (χ2n) is 8.81. The summed E-state index contributed by atoms with van der Waals surface area (Å²) in [5.41, 5.74) is 2.42. The van der Waals surface area contributed by atoms with Crippen molar-refractivity contribution >= 4 is 6.29 Å². The number of phenolic OH excluding ortho intramolecular Hbond substituents is 1. The number of benzene rings is 1. The summed E-state index contributed by atoms with van der Waals surface area (Å²) in [5.74, 6) is 0.338. The highest BCUT2D eigenvalue weighted by molar-refractivity contribution is 5.60. The zero-order valence-corrected chi connectivity index (χ0v) is 14.8. The van der Waals surface area contributed by atoms with Crippen LogP contribution in [0.15, 0.2) is 12.1 Å². The van der Waals surface area contributed by atoms with Crippen molar-refractivity contribution in [2.24, 2.45) is 5.41 Å². The zero-order valence-electron chi connectivity index (χ0n) is 14.8. The molecule has 21 heavy (non-hydrogen) atoms. The molecule has 0 radical (unpaired) electrons. The summed E-state index contributed by atoms with van der Waals surface area (Å²) in [7, 11) is 0. The summed E-state index contributed by atoms with van der Waals surface area (Å²) in [6.07, 6.45) is 1.52. The predicted octanol–water partition coefficient (Wildman–Crippen LogP) is 4.75. The van der Waals surface area contributed by atoms with Gasteiger partial charge in [-0.2, -0.15) is 0 Å². The standard InChI is InChI=1S/C19H30O2/c1-17(2,3)14-9-13(11-19(7,8)12-20)16(21)15(10-14)18(4,5)6/h9-10,12,21H,11H2,1-8H3. The van der Waals surface area contributed by atoms with E-state index in [0.29, 0.717) is 12.2 Å². The van der Waals surface area contributed by atoms with Crippen molar-refractivity contribution in [1.82, 2.24) is 0 Å². The lowest BCUT2D eigenvalue weighted by atomic mass is 9.76. The van der Waals surface area contributed by atoms with E-state index in [0.717, 1.165) is 17.4 Å². The summed E-state index contributed by atoms with van der Waals surface area (Å²) in [4.78, 5) is 11.2. The minimum absolute atomic E-state index is 0.00771. The highest BCUT2D eigenvalue weighted by Crippen LogP contribution is 2.39. The number of aldehydes is 1. The van der Waals surface area contributed by atoms with E-state index in [9.17, 15) is 9.90 Å². The van der Waals surface area contributed by atoms with Gasteiger partial charge in [0.2, 0.25) is 0 Å². The summed E-state index contributed by atoms with van der Waals surface area (Å²) in [5, 5.41) is 10.7. The SMILES string of the molecule is CC(C)(C=O)Cc1cc(C(C)(C)C)cc(C(C)(C)C)c1O. The van der Waals surface area contributed by atoms with E-state index in [1.54, 1.807) is 0 Å². The topological polar surface area (TPSA) is 37.3 Å². The van der Waals surface area contributed by atoms with Crippen LogP contribution in [0.4, 0.5) is 0 Å². The van der Waals surface area contributed by atoms with Gasteiger partial charge in [0, 0.05) is 5.41 Å². The molecular weight excluding hydrogens is 260 g/mol. The van der Waals surface area contributed by atoms with Crippen molar-refractivity contribution in [3.8, 4) is 5.75 Å². The summed E-state index contributed by atoms with van der Waals surface area (Å²) in [6.45, 7) is 16.6. The van der Waals surface area contributed by atoms with Crippen LogP contribution in [0.1, 0.15) is 72.1 Å². The average Bonchev–Trinajstić information content (AvgIpc) is 2.28. The molecule has 0 spiro atoms. The number of phenols is 1. The molecule has 0 bridgehead atoms. The van der Waals surface area contributed by atoms with Gasteiger partial charge in [-0.25, -0.2) is 0 Å². The number of hydrogen-bond donors (Lipinski definition) is 1. The summed E-state index contributed by atoms with van der Waals surface area (Å²) >= 11 is 0. The third-order valence-corrected chi connectivity index (χ3v) is 3.83. The molecule has 0 amide bonds. The van der Waals surface area contributed by atoms with Gasteiger partial charge in [0.15, 0.2) is 0 Å². The van der Waals surface area contributed by atoms with Gasteiger partial charge in [-0.05, 0) is 33.9 Å². The normalized spacial score (nSPS) is 13.3. The quantitative estimate of drug-likeness (QED) is 0.815. The number of hydrogen-bond acceptors (Lipinski definition) is 2. The Labute approximate surface area is 129 Å². The van der Waals surface area contributed by atoms with Crippen LogP contribution in [0.2, 0.25) is 0 Å². The predicted molar refractivity (Wildman–Crippen MR) is 89.1 cm³/mol. The second kappa shape index (κ2) is 5.47. The van der Waals surface area contributed by atoms with Crippen molar-refractivity contribution in [3.05, 3.63) is 28.8 Å². The molecule has 2 nitrogen and oxygen atoms in total. The van der Waals surface area contributed by atoms with Crippen LogP contribution < -0.4 is 0 Å². The van der Waals surface area contributed by atoms with Gasteiger partial charge in [-0.3, -0.25) is 0 Å². The number of aromatic hydroxyl groups is 1. The Kier molecular flexibility index (Phi) is 4.62. The van der Waals surface area contributed by atoms with Crippen LogP contribution in [-0.4, -0.2) is 11.4 Å². The Balaban J connectivity index is 3.53. The maximum absolute atomic E-state index is 11.2. The number of rotatable bonds is 3. The number of carbonyl (C=O) groups excluding carboxylic acids is 1. The van der Waals surface area contributed by atoms with Crippen molar-refractivity contribution in [2.45, 2.75) is 72.6 Å². The van der Waals surface area contributed by atoms with E-state index in [2.05, 4.69) is 53.7 Å². The third-order valence-electron chi connectivity index (χ3n) is 3.83. The minimum Gasteiger partial charge on any atom is -0.507 e. The van der Waals surface area contributed by atoms with E-state index >= 15 is 0 Å². The van der Waals surface area contributed by atoms with Crippen LogP contribution in [-0.2, 0) is 22.0 Å². The van der Waals surface area contributed by atoms with E-state index < -0.39 is 5.41 Å². The average molecular weight is 290 g/mol. The molecule has 0 aliphatic rings. The Morgan fingerprint density at radius 3 is 1.86 bits per heavy atom. The monoisotopic (exact) mass is 290 g/mol. The summed E-state index contributed by atoms with van der Waals surface area (Å²) < 4.78 is 0. The second-order valence-corrected chi connectivity index (χ2v) is 8.81. The molecule has 0 aliphatic heterocycles. The molecule has 0 aliphatic carbocycles. The molecule has 0 fully saturated rings. The fourth-order valence-electron chi connectivity index (χ4n) is 2.37. The molecular formula is C19H30O2. The van der Waals surface area contributed by atoms with E-state index in [1.807, 2.05) is 13.8 Å². The largest absolute Gasteiger partial charge is 0.507 e. The molecule has 0 heterocycles. The summed E-state index contributed by atoms with van der Waals surface area (Å²) in [6, 6.07) is 4.16. The lowest BCUT2D eigenvalue weighted by Crippen LogP contribution is -2.21. The lowest BCUT2D eigenvalue weighted by molar-refractivity contribution is -0.114. The maximum Gasteiger partial charge on any atom is 0.125 e. The first-order chi connectivity index (χ1) is 9.28. The maximum atomic E-state index is 11.2. The molecule has 0 saturated carbocycles. The van der Waals surface area contributed by atoms with Crippen LogP contribution in [0, 0.1) is 5.41 Å². The van der Waals surface area contributed by atoms with E-state index in [-0.39, 0.29) is 10.8 Å². The third kappa shape index (κ3) is 4.33. The highest BCUT2D eigenvalue weighted by atomic mass is 16.3. The lowest BCUT2D eigenvalue weighted by Gasteiger charge is -2.29. The van der Waals surface area contributed by atoms with Gasteiger partial charge in [0.05, 0.1) is 0 Å². The highest BCUT2D eigenvalue weighted by Gasteiger charge is 2.27. The molecule has 2 heteroatoms. The Morgan fingerprint density at radius 2 is 1.48 bits per heavy atom. The first kappa shape index (κ1) is 17.7. The molecule has 118 valence electrons. The number of carbonyl (C=O) groups is 1. The Morgan fingerprint density at radius 1 is 0.952 bits per heavy atom. The fourth-order valence-corrected chi connectivity index (χ4v) is 2.37. The molecule has 0 atom stereocenters. The van der Waals surface area contributed by atoms with Crippen molar-refractivity contribution < 1.29 is 9.90 Å². The molecule has 0 unspecified atom stereocenters. The fraction of sp³-hybridized carbons (Fsp3) is 0.632. The minimum atomic E-state index is -0.469. The first-order valence-corrected chi connectivity index (χ1v) is 7.61. The van der Waals surface area contributed by atoms with Gasteiger partial charge in [-0.15, -0.1) is 0 Å². The van der Waals surface area contributed by atoms with Crippen molar-refractivity contribution in [3.63, 3.8) is 0 Å². The van der Waals surface area contributed by atoms with Crippen LogP contribution in [0.25, 0.3) is 0 Å². The van der Waals surface area contributed by atoms with E-state index in [1.165, 1.54) is 5.56 Å². The van der Waals surface area contributed by atoms with Gasteiger partial charge in [0.25, 0.3) is 0 Å². The molecule has 1 aromatic carbocycles. The van der Waals surface area contributed by atoms with Crippen LogP contribution in [0.5, 0.6) is 5.75 Å². The van der Waals surface area contributed by atoms with Crippen molar-refractivity contribution in [1.29, 1.82) is 0 Å². The first-order valence-electron chi connectivity index (χ1n) is 7.61. The Hall–Kier alpha value is -1.31. The van der Waals surface area contributed by atoms with Crippen molar-refractivity contribution in [2.75, 3.05) is 0 Å². The van der Waals surface area contributed by atoms with Gasteiger partial charge < -0.3 is 9.90 Å². The van der Waals surface area contributed by atoms with Crippen LogP contribution in [0.3, 0.4) is 0 Å². The zero-order chi connectivity index (χ0) is 16.6. The molecule has 1 rings (SSSR count). The molecule has 1 N–H and O–H groups in total. The van der Waals surface area contributed by atoms with Gasteiger partial charge in [-0.1, -0.05) is 67.5 Å². The molecule has 0 saturated heterocycles. The smallest absolute Gasteiger partial charge is 0.125 e. The van der Waals surface area contributed by atoms with Gasteiger partial charge in [0.1, 0.15) is 12.0 Å². The van der Waals surface area contributed by atoms with Crippen LogP contribution >= 0.6 is 0 Å². The molecule has 0 aromatic heterocycles. The van der Waals surface area contributed by atoms with E-state index in [4.69, 9.17) is 0 Å². The van der Waals surface area contributed by atoms with Gasteiger partial charge >= 0.3 is 0 Å².